The zero-order valence-corrected chi connectivity index (χ0v) is 9.09. The van der Waals surface area contributed by atoms with Gasteiger partial charge in [0.2, 0.25) is 14.2 Å². The monoisotopic (exact) mass is 181 g/mol. The van der Waals surface area contributed by atoms with Crippen LogP contribution in [0.15, 0.2) is 18.3 Å². The van der Waals surface area contributed by atoms with Gasteiger partial charge in [-0.15, -0.1) is 0 Å². The van der Waals surface area contributed by atoms with Gasteiger partial charge in [0.15, 0.2) is 0 Å². The van der Waals surface area contributed by atoms with Crippen LogP contribution >= 0.6 is 0 Å². The van der Waals surface area contributed by atoms with Crippen molar-refractivity contribution in [3.05, 3.63) is 23.9 Å². The van der Waals surface area contributed by atoms with Gasteiger partial charge in [-0.1, -0.05) is 6.07 Å². The largest absolute Gasteiger partial charge is 0.531 e. The molecule has 0 radical (unpaired) electrons. The summed E-state index contributed by atoms with van der Waals surface area (Å²) >= 11 is 0. The Morgan fingerprint density at radius 3 is 2.50 bits per heavy atom. The van der Waals surface area contributed by atoms with Crippen molar-refractivity contribution in [1.82, 2.24) is 4.98 Å². The predicted molar refractivity (Wildman–Crippen MR) is 52.9 cm³/mol. The van der Waals surface area contributed by atoms with Gasteiger partial charge in [0, 0.05) is 11.8 Å². The molecule has 1 rings (SSSR count). The van der Waals surface area contributed by atoms with Crippen molar-refractivity contribution in [1.29, 1.82) is 0 Å². The summed E-state index contributed by atoms with van der Waals surface area (Å²) in [6.07, 6.45) is 1.77. The van der Waals surface area contributed by atoms with Crippen LogP contribution in [0.5, 0.6) is 5.88 Å². The predicted octanol–water partition coefficient (Wildman–Crippen LogP) is 2.60. The Bertz CT molecular complexity index is 267. The summed E-state index contributed by atoms with van der Waals surface area (Å²) in [5.74, 6) is 0.789. The maximum atomic E-state index is 5.76. The number of rotatable bonds is 2. The molecule has 0 aliphatic carbocycles. The highest BCUT2D eigenvalue weighted by Gasteiger charge is 2.17. The topological polar surface area (TPSA) is 22.1 Å². The van der Waals surface area contributed by atoms with Crippen LogP contribution in [0.2, 0.25) is 19.6 Å². The van der Waals surface area contributed by atoms with E-state index in [4.69, 9.17) is 4.43 Å². The molecule has 1 heterocycles. The highest BCUT2D eigenvalue weighted by atomic mass is 28.4. The van der Waals surface area contributed by atoms with E-state index in [1.165, 1.54) is 0 Å². The SMILES string of the molecule is Cc1cccnc1O[Si](C)(C)C. The molecule has 3 heteroatoms. The average Bonchev–Trinajstić information content (AvgIpc) is 1.91. The van der Waals surface area contributed by atoms with Crippen molar-refractivity contribution in [3.8, 4) is 5.88 Å². The Labute approximate surface area is 74.7 Å². The van der Waals surface area contributed by atoms with Gasteiger partial charge < -0.3 is 4.43 Å². The van der Waals surface area contributed by atoms with Gasteiger partial charge >= 0.3 is 0 Å². The maximum absolute atomic E-state index is 5.76. The Morgan fingerprint density at radius 2 is 2.00 bits per heavy atom. The molecule has 0 aromatic carbocycles. The summed E-state index contributed by atoms with van der Waals surface area (Å²) in [5, 5.41) is 0. The van der Waals surface area contributed by atoms with E-state index in [1.807, 2.05) is 19.1 Å². The minimum absolute atomic E-state index is 0.789. The molecule has 0 bridgehead atoms. The van der Waals surface area contributed by atoms with Gasteiger partial charge in [0.1, 0.15) is 0 Å². The van der Waals surface area contributed by atoms with Crippen molar-refractivity contribution < 1.29 is 4.43 Å². The fourth-order valence-corrected chi connectivity index (χ4v) is 1.66. The Balaban J connectivity index is 2.83. The standard InChI is InChI=1S/C9H15NOSi/c1-8-6-5-7-10-9(8)11-12(2,3)4/h5-7H,1-4H3. The Morgan fingerprint density at radius 1 is 1.33 bits per heavy atom. The van der Waals surface area contributed by atoms with Gasteiger partial charge in [-0.05, 0) is 32.6 Å². The van der Waals surface area contributed by atoms with Crippen LogP contribution in [0.3, 0.4) is 0 Å². The lowest BCUT2D eigenvalue weighted by atomic mass is 10.3. The van der Waals surface area contributed by atoms with Crippen molar-refractivity contribution in [2.45, 2.75) is 26.6 Å². The molecule has 0 saturated heterocycles. The summed E-state index contributed by atoms with van der Waals surface area (Å²) in [6.45, 7) is 8.48. The van der Waals surface area contributed by atoms with Gasteiger partial charge in [0.25, 0.3) is 0 Å². The van der Waals surface area contributed by atoms with E-state index < -0.39 is 8.32 Å². The molecule has 2 nitrogen and oxygen atoms in total. The zero-order valence-electron chi connectivity index (χ0n) is 8.09. The van der Waals surface area contributed by atoms with Gasteiger partial charge in [-0.3, -0.25) is 0 Å². The van der Waals surface area contributed by atoms with E-state index in [9.17, 15) is 0 Å². The van der Waals surface area contributed by atoms with Crippen LogP contribution in [0.25, 0.3) is 0 Å². The van der Waals surface area contributed by atoms with Gasteiger partial charge in [-0.2, -0.15) is 0 Å². The van der Waals surface area contributed by atoms with E-state index in [2.05, 4.69) is 24.6 Å². The highest BCUT2D eigenvalue weighted by molar-refractivity contribution is 6.70. The second-order valence-corrected chi connectivity index (χ2v) is 8.27. The van der Waals surface area contributed by atoms with E-state index >= 15 is 0 Å². The molecule has 0 unspecified atom stereocenters. The third-order valence-electron chi connectivity index (χ3n) is 1.36. The van der Waals surface area contributed by atoms with Crippen LogP contribution in [-0.2, 0) is 0 Å². The van der Waals surface area contributed by atoms with Crippen LogP contribution in [0, 0.1) is 6.92 Å². The number of aryl methyl sites for hydroxylation is 1. The third-order valence-corrected chi connectivity index (χ3v) is 2.17. The quantitative estimate of drug-likeness (QED) is 0.654. The molecule has 0 N–H and O–H groups in total. The third kappa shape index (κ3) is 2.66. The summed E-state index contributed by atoms with van der Waals surface area (Å²) in [4.78, 5) is 4.18. The number of pyridine rings is 1. The molecule has 0 saturated carbocycles. The zero-order chi connectivity index (χ0) is 9.19. The van der Waals surface area contributed by atoms with Gasteiger partial charge in [0.05, 0.1) is 0 Å². The van der Waals surface area contributed by atoms with Gasteiger partial charge in [-0.25, -0.2) is 4.98 Å². The van der Waals surface area contributed by atoms with Crippen molar-refractivity contribution in [2.24, 2.45) is 0 Å². The molecule has 1 aromatic heterocycles. The second kappa shape index (κ2) is 3.27. The first-order valence-electron chi connectivity index (χ1n) is 4.10. The lowest BCUT2D eigenvalue weighted by Crippen LogP contribution is -2.30. The molecule has 0 amide bonds. The number of nitrogens with zero attached hydrogens (tertiary/aromatic N) is 1. The maximum Gasteiger partial charge on any atom is 0.244 e. The lowest BCUT2D eigenvalue weighted by Gasteiger charge is -2.19. The summed E-state index contributed by atoms with van der Waals surface area (Å²) in [6, 6.07) is 3.94. The van der Waals surface area contributed by atoms with Crippen LogP contribution in [0.4, 0.5) is 0 Å². The second-order valence-electron chi connectivity index (χ2n) is 3.84. The number of aromatic nitrogens is 1. The Kier molecular flexibility index (Phi) is 2.52. The first-order chi connectivity index (χ1) is 5.49. The van der Waals surface area contributed by atoms with E-state index in [1.54, 1.807) is 6.20 Å². The molecule has 0 aliphatic rings. The molecule has 0 aliphatic heterocycles. The minimum Gasteiger partial charge on any atom is -0.531 e. The first kappa shape index (κ1) is 9.26. The molecule has 0 fully saturated rings. The fraction of sp³-hybridized carbons (Fsp3) is 0.444. The van der Waals surface area contributed by atoms with E-state index in [-0.39, 0.29) is 0 Å². The summed E-state index contributed by atoms with van der Waals surface area (Å²) in [7, 11) is -1.49. The lowest BCUT2D eigenvalue weighted by molar-refractivity contribution is 0.529. The van der Waals surface area contributed by atoms with E-state index in [0.29, 0.717) is 0 Å². The molecule has 0 spiro atoms. The number of hydrogen-bond acceptors (Lipinski definition) is 2. The smallest absolute Gasteiger partial charge is 0.244 e. The molecule has 1 aromatic rings. The normalized spacial score (nSPS) is 11.3. The minimum atomic E-state index is -1.49. The summed E-state index contributed by atoms with van der Waals surface area (Å²) in [5.41, 5.74) is 1.11. The highest BCUT2D eigenvalue weighted by Crippen LogP contribution is 2.16. The van der Waals surface area contributed by atoms with Crippen molar-refractivity contribution in [2.75, 3.05) is 0 Å². The summed E-state index contributed by atoms with van der Waals surface area (Å²) < 4.78 is 5.76. The molecule has 66 valence electrons. The Hall–Kier alpha value is -0.833. The molecule has 0 atom stereocenters. The molecule has 12 heavy (non-hydrogen) atoms. The van der Waals surface area contributed by atoms with Crippen LogP contribution in [0.1, 0.15) is 5.56 Å². The average molecular weight is 181 g/mol. The first-order valence-corrected chi connectivity index (χ1v) is 7.50. The van der Waals surface area contributed by atoms with Crippen LogP contribution < -0.4 is 4.43 Å². The molecular formula is C9H15NOSi. The van der Waals surface area contributed by atoms with E-state index in [0.717, 1.165) is 11.4 Å². The van der Waals surface area contributed by atoms with Crippen LogP contribution in [-0.4, -0.2) is 13.3 Å². The van der Waals surface area contributed by atoms with Crippen molar-refractivity contribution >= 4 is 8.32 Å². The van der Waals surface area contributed by atoms with Crippen molar-refractivity contribution in [3.63, 3.8) is 0 Å². The molecular weight excluding hydrogens is 166 g/mol. The fourth-order valence-electron chi connectivity index (χ4n) is 0.868. The number of hydrogen-bond donors (Lipinski definition) is 0.